The van der Waals surface area contributed by atoms with Crippen LogP contribution >= 0.6 is 27.7 Å². The Morgan fingerprint density at radius 3 is 1.74 bits per heavy atom. The van der Waals surface area contributed by atoms with Crippen LogP contribution in [0.15, 0.2) is 69.1 Å². The van der Waals surface area contributed by atoms with Gasteiger partial charge in [0.05, 0.1) is 0 Å². The lowest BCUT2D eigenvalue weighted by molar-refractivity contribution is 0.309. The third kappa shape index (κ3) is 9.24. The second-order valence-electron chi connectivity index (χ2n) is 14.5. The lowest BCUT2D eigenvalue weighted by Gasteiger charge is -2.37. The Balaban J connectivity index is 2.32. The summed E-state index contributed by atoms with van der Waals surface area (Å²) in [5.41, 5.74) is 9.08. The Kier molecular flexibility index (Phi) is 8.86. The Labute approximate surface area is 229 Å². The second-order valence-corrected chi connectivity index (χ2v) is 17.1. The molecule has 0 saturated heterocycles. The van der Waals surface area contributed by atoms with E-state index in [1.807, 2.05) is 11.8 Å². The first kappa shape index (κ1) is 30.5. The monoisotopic (exact) mass is 559 g/mol. The number of allylic oxidation sites excluding steroid dienone is 11. The van der Waals surface area contributed by atoms with E-state index in [1.165, 1.54) is 20.5 Å². The summed E-state index contributed by atoms with van der Waals surface area (Å²) in [6.07, 6.45) is 20.7. The minimum absolute atomic E-state index is 0.0139. The van der Waals surface area contributed by atoms with Gasteiger partial charge in [-0.15, -0.1) is 11.8 Å². The average Bonchev–Trinajstić information content (AvgIpc) is 2.83. The van der Waals surface area contributed by atoms with Crippen LogP contribution in [0, 0.1) is 21.7 Å². The van der Waals surface area contributed by atoms with Crippen LogP contribution in [0.25, 0.3) is 0 Å². The molecule has 0 aromatic carbocycles. The molecule has 0 atom stereocenters. The van der Waals surface area contributed by atoms with E-state index in [-0.39, 0.29) is 31.9 Å². The topological polar surface area (TPSA) is 26.0 Å². The van der Waals surface area contributed by atoms with Crippen molar-refractivity contribution in [2.75, 3.05) is 0 Å². The fourth-order valence-electron chi connectivity index (χ4n) is 5.70. The predicted molar refractivity (Wildman–Crippen MR) is 164 cm³/mol. The maximum Gasteiger partial charge on any atom is 0.0308 e. The van der Waals surface area contributed by atoms with Gasteiger partial charge < -0.3 is 5.73 Å². The summed E-state index contributed by atoms with van der Waals surface area (Å²) in [5, 5.41) is 0. The quantitative estimate of drug-likeness (QED) is 0.320. The van der Waals surface area contributed by atoms with Crippen LogP contribution in [0.4, 0.5) is 0 Å². The van der Waals surface area contributed by atoms with Crippen molar-refractivity contribution in [2.24, 2.45) is 27.4 Å². The first-order valence-corrected chi connectivity index (χ1v) is 14.5. The molecular weight excluding hydrogens is 510 g/mol. The highest BCUT2D eigenvalue weighted by atomic mass is 79.9. The van der Waals surface area contributed by atoms with Crippen molar-refractivity contribution in [3.63, 3.8) is 0 Å². The standard InChI is InChI=1S/C32H50BrNS/c1-27(2)17-13-14-25(33)26(20-27)35-32(11,12)22-30(7,8)24-16-15-23(18-28(3,4)19-24)29(5,6)21-31(9,10)34/h13-20H,21-22,34H2,1-12H3. The van der Waals surface area contributed by atoms with Gasteiger partial charge in [-0.25, -0.2) is 0 Å². The van der Waals surface area contributed by atoms with Gasteiger partial charge in [0.2, 0.25) is 0 Å². The molecule has 0 saturated carbocycles. The molecule has 2 rings (SSSR count). The van der Waals surface area contributed by atoms with Crippen molar-refractivity contribution in [1.29, 1.82) is 0 Å². The molecule has 0 unspecified atom stereocenters. The van der Waals surface area contributed by atoms with E-state index in [1.54, 1.807) is 0 Å². The SMILES string of the molecule is CC1(C)C=CC=C(Br)C(SC(C)(C)CC(C)(C)C2=CC(C)(C)C=C(C(C)(C)CC(C)(C)N)C=C2)=C1. The fraction of sp³-hybridized carbons (Fsp3) is 0.625. The molecule has 0 aliphatic heterocycles. The van der Waals surface area contributed by atoms with Crippen molar-refractivity contribution in [3.8, 4) is 0 Å². The molecule has 1 nitrogen and oxygen atoms in total. The molecule has 0 bridgehead atoms. The number of nitrogens with two attached hydrogens (primary N) is 1. The maximum atomic E-state index is 6.43. The highest BCUT2D eigenvalue weighted by Crippen LogP contribution is 2.49. The molecule has 2 aliphatic rings. The molecule has 0 radical (unpaired) electrons. The number of hydrogen-bond acceptors (Lipinski definition) is 2. The van der Waals surface area contributed by atoms with Crippen molar-refractivity contribution in [1.82, 2.24) is 0 Å². The molecular formula is C32H50BrNS. The zero-order chi connectivity index (χ0) is 27.1. The van der Waals surface area contributed by atoms with Gasteiger partial charge in [0, 0.05) is 30.5 Å². The first-order valence-electron chi connectivity index (χ1n) is 12.9. The van der Waals surface area contributed by atoms with Crippen LogP contribution in [0.5, 0.6) is 0 Å². The molecule has 0 heterocycles. The molecule has 196 valence electrons. The summed E-state index contributed by atoms with van der Waals surface area (Å²) in [4.78, 5) is 1.32. The fourth-order valence-corrected chi connectivity index (χ4v) is 7.76. The summed E-state index contributed by atoms with van der Waals surface area (Å²) < 4.78 is 1.23. The molecule has 0 aromatic heterocycles. The summed E-state index contributed by atoms with van der Waals surface area (Å²) in [6, 6.07) is 0. The van der Waals surface area contributed by atoms with Crippen LogP contribution in [0.1, 0.15) is 95.9 Å². The minimum Gasteiger partial charge on any atom is -0.326 e. The minimum atomic E-state index is -0.203. The highest BCUT2D eigenvalue weighted by molar-refractivity contribution is 9.12. The summed E-state index contributed by atoms with van der Waals surface area (Å²) in [7, 11) is 0. The van der Waals surface area contributed by atoms with Gasteiger partial charge in [-0.3, -0.25) is 0 Å². The Morgan fingerprint density at radius 2 is 1.26 bits per heavy atom. The van der Waals surface area contributed by atoms with Gasteiger partial charge in [-0.1, -0.05) is 112 Å². The molecule has 0 fully saturated rings. The molecule has 3 heteroatoms. The van der Waals surface area contributed by atoms with E-state index in [0.29, 0.717) is 0 Å². The van der Waals surface area contributed by atoms with Crippen LogP contribution in [-0.4, -0.2) is 10.3 Å². The van der Waals surface area contributed by atoms with Gasteiger partial charge in [0.25, 0.3) is 0 Å². The Morgan fingerprint density at radius 1 is 0.771 bits per heavy atom. The van der Waals surface area contributed by atoms with Crippen LogP contribution in [0.2, 0.25) is 0 Å². The van der Waals surface area contributed by atoms with Gasteiger partial charge in [-0.2, -0.15) is 0 Å². The van der Waals surface area contributed by atoms with Gasteiger partial charge in [0.15, 0.2) is 0 Å². The molecule has 2 aliphatic carbocycles. The van der Waals surface area contributed by atoms with Crippen LogP contribution < -0.4 is 5.73 Å². The number of rotatable bonds is 8. The van der Waals surface area contributed by atoms with E-state index in [9.17, 15) is 0 Å². The number of halogens is 1. The predicted octanol–water partition coefficient (Wildman–Crippen LogP) is 10.3. The van der Waals surface area contributed by atoms with Crippen LogP contribution in [-0.2, 0) is 0 Å². The third-order valence-electron chi connectivity index (χ3n) is 6.72. The Bertz CT molecular complexity index is 985. The number of thioether (sulfide) groups is 1. The summed E-state index contributed by atoms with van der Waals surface area (Å²) >= 11 is 5.80. The first-order chi connectivity index (χ1) is 15.5. The van der Waals surface area contributed by atoms with Gasteiger partial charge >= 0.3 is 0 Å². The van der Waals surface area contributed by atoms with E-state index in [4.69, 9.17) is 5.73 Å². The van der Waals surface area contributed by atoms with E-state index in [0.717, 1.165) is 12.8 Å². The molecule has 0 aromatic rings. The lowest BCUT2D eigenvalue weighted by atomic mass is 9.73. The second kappa shape index (κ2) is 10.2. The molecule has 0 spiro atoms. The van der Waals surface area contributed by atoms with Crippen molar-refractivity contribution in [2.45, 2.75) is 106 Å². The smallest absolute Gasteiger partial charge is 0.0308 e. The zero-order valence-corrected chi connectivity index (χ0v) is 26.8. The third-order valence-corrected chi connectivity index (χ3v) is 8.93. The van der Waals surface area contributed by atoms with Gasteiger partial charge in [-0.05, 0) is 70.7 Å². The molecule has 2 N–H and O–H groups in total. The van der Waals surface area contributed by atoms with E-state index < -0.39 is 0 Å². The lowest BCUT2D eigenvalue weighted by Crippen LogP contribution is -2.38. The number of hydrogen-bond donors (Lipinski definition) is 1. The highest BCUT2D eigenvalue weighted by Gasteiger charge is 2.36. The zero-order valence-electron chi connectivity index (χ0n) is 24.4. The molecule has 35 heavy (non-hydrogen) atoms. The van der Waals surface area contributed by atoms with Crippen molar-refractivity contribution in [3.05, 3.63) is 69.1 Å². The Hall–Kier alpha value is -0.770. The normalized spacial score (nSPS) is 21.0. The van der Waals surface area contributed by atoms with Crippen molar-refractivity contribution < 1.29 is 0 Å². The molecule has 0 amide bonds. The van der Waals surface area contributed by atoms with E-state index >= 15 is 0 Å². The largest absolute Gasteiger partial charge is 0.326 e. The van der Waals surface area contributed by atoms with Crippen molar-refractivity contribution >= 4 is 27.7 Å². The van der Waals surface area contributed by atoms with E-state index in [2.05, 4.69) is 148 Å². The summed E-state index contributed by atoms with van der Waals surface area (Å²) in [5.74, 6) is 0. The maximum absolute atomic E-state index is 6.43. The summed E-state index contributed by atoms with van der Waals surface area (Å²) in [6.45, 7) is 27.7. The van der Waals surface area contributed by atoms with Gasteiger partial charge in [0.1, 0.15) is 0 Å². The van der Waals surface area contributed by atoms with Crippen LogP contribution in [0.3, 0.4) is 0 Å². The average molecular weight is 561 g/mol.